The number of nitrogens with one attached hydrogen (secondary N) is 1. The van der Waals surface area contributed by atoms with Crippen LogP contribution in [-0.4, -0.2) is 4.98 Å². The number of pyridine rings is 1. The van der Waals surface area contributed by atoms with E-state index in [1.54, 1.807) is 0 Å². The third-order valence-electron chi connectivity index (χ3n) is 3.25. The first kappa shape index (κ1) is 12.0. The van der Waals surface area contributed by atoms with Gasteiger partial charge in [0.1, 0.15) is 4.60 Å². The standard InChI is InChI=1S/C14H12BrClN2/c15-14-6-3-11(8-17-14)18-13-5-1-9-7-10(16)2-4-12(9)13/h2-4,6-8,13,18H,1,5H2. The van der Waals surface area contributed by atoms with Crippen molar-refractivity contribution in [2.24, 2.45) is 0 Å². The van der Waals surface area contributed by atoms with E-state index >= 15 is 0 Å². The Bertz CT molecular complexity index is 569. The minimum absolute atomic E-state index is 0.361. The van der Waals surface area contributed by atoms with Crippen LogP contribution in [0.1, 0.15) is 23.6 Å². The zero-order valence-electron chi connectivity index (χ0n) is 9.66. The molecular formula is C14H12BrClN2. The van der Waals surface area contributed by atoms with E-state index in [4.69, 9.17) is 11.6 Å². The van der Waals surface area contributed by atoms with Crippen LogP contribution in [0.25, 0.3) is 0 Å². The maximum absolute atomic E-state index is 6.01. The van der Waals surface area contributed by atoms with Crippen LogP contribution in [0.2, 0.25) is 5.02 Å². The first-order valence-corrected chi connectivity index (χ1v) is 7.06. The highest BCUT2D eigenvalue weighted by atomic mass is 79.9. The fraction of sp³-hybridized carbons (Fsp3) is 0.214. The number of benzene rings is 1. The van der Waals surface area contributed by atoms with Crippen molar-refractivity contribution in [3.8, 4) is 0 Å². The summed E-state index contributed by atoms with van der Waals surface area (Å²) in [7, 11) is 0. The van der Waals surface area contributed by atoms with E-state index in [1.807, 2.05) is 24.4 Å². The minimum atomic E-state index is 0.361. The van der Waals surface area contributed by atoms with Gasteiger partial charge in [-0.15, -0.1) is 0 Å². The molecule has 0 amide bonds. The molecule has 1 unspecified atom stereocenters. The zero-order chi connectivity index (χ0) is 12.5. The Labute approximate surface area is 120 Å². The molecule has 1 N–H and O–H groups in total. The summed E-state index contributed by atoms with van der Waals surface area (Å²) in [6.45, 7) is 0. The first-order chi connectivity index (χ1) is 8.72. The van der Waals surface area contributed by atoms with Crippen LogP contribution in [0.3, 0.4) is 0 Å². The largest absolute Gasteiger partial charge is 0.377 e. The maximum Gasteiger partial charge on any atom is 0.106 e. The lowest BCUT2D eigenvalue weighted by Gasteiger charge is -2.15. The van der Waals surface area contributed by atoms with Crippen LogP contribution in [0.4, 0.5) is 5.69 Å². The third-order valence-corrected chi connectivity index (χ3v) is 3.96. The summed E-state index contributed by atoms with van der Waals surface area (Å²) in [6.07, 6.45) is 4.03. The molecule has 1 atom stereocenters. The summed E-state index contributed by atoms with van der Waals surface area (Å²) < 4.78 is 0.853. The second kappa shape index (κ2) is 4.90. The summed E-state index contributed by atoms with van der Waals surface area (Å²) >= 11 is 9.35. The quantitative estimate of drug-likeness (QED) is 0.817. The normalized spacial score (nSPS) is 17.6. The van der Waals surface area contributed by atoms with Crippen molar-refractivity contribution < 1.29 is 0 Å². The molecule has 1 aromatic heterocycles. The van der Waals surface area contributed by atoms with E-state index in [0.29, 0.717) is 6.04 Å². The molecule has 0 spiro atoms. The number of halogens is 2. The SMILES string of the molecule is Clc1ccc2c(c1)CCC2Nc1ccc(Br)nc1. The molecule has 18 heavy (non-hydrogen) atoms. The number of hydrogen-bond acceptors (Lipinski definition) is 2. The molecule has 0 fully saturated rings. The lowest BCUT2D eigenvalue weighted by atomic mass is 10.1. The zero-order valence-corrected chi connectivity index (χ0v) is 12.0. The summed E-state index contributed by atoms with van der Waals surface area (Å²) in [4.78, 5) is 4.22. The number of fused-ring (bicyclic) bond motifs is 1. The second-order valence-electron chi connectivity index (χ2n) is 4.45. The molecule has 1 aliphatic carbocycles. The number of hydrogen-bond donors (Lipinski definition) is 1. The van der Waals surface area contributed by atoms with Crippen LogP contribution in [0, 0.1) is 0 Å². The second-order valence-corrected chi connectivity index (χ2v) is 5.70. The number of nitrogens with zero attached hydrogens (tertiary/aromatic N) is 1. The van der Waals surface area contributed by atoms with Gasteiger partial charge < -0.3 is 5.32 Å². The van der Waals surface area contributed by atoms with E-state index < -0.39 is 0 Å². The highest BCUT2D eigenvalue weighted by molar-refractivity contribution is 9.10. The van der Waals surface area contributed by atoms with Gasteiger partial charge in [0.25, 0.3) is 0 Å². The van der Waals surface area contributed by atoms with Gasteiger partial charge in [0.05, 0.1) is 17.9 Å². The van der Waals surface area contributed by atoms with Gasteiger partial charge in [-0.25, -0.2) is 4.98 Å². The van der Waals surface area contributed by atoms with Gasteiger partial charge in [-0.05, 0) is 64.2 Å². The predicted octanol–water partition coefficient (Wildman–Crippen LogP) is 4.60. The van der Waals surface area contributed by atoms with Crippen molar-refractivity contribution in [1.29, 1.82) is 0 Å². The Kier molecular flexibility index (Phi) is 3.27. The highest BCUT2D eigenvalue weighted by Crippen LogP contribution is 2.35. The molecule has 4 heteroatoms. The van der Waals surface area contributed by atoms with Gasteiger partial charge in [0.15, 0.2) is 0 Å². The Morgan fingerprint density at radius 1 is 1.28 bits per heavy atom. The first-order valence-electron chi connectivity index (χ1n) is 5.89. The molecule has 1 aromatic carbocycles. The summed E-state index contributed by atoms with van der Waals surface area (Å²) in [5, 5.41) is 4.34. The third kappa shape index (κ3) is 2.38. The van der Waals surface area contributed by atoms with Crippen molar-refractivity contribution in [1.82, 2.24) is 4.98 Å². The summed E-state index contributed by atoms with van der Waals surface area (Å²) in [6, 6.07) is 10.5. The topological polar surface area (TPSA) is 24.9 Å². The van der Waals surface area contributed by atoms with Crippen molar-refractivity contribution >= 4 is 33.2 Å². The van der Waals surface area contributed by atoms with Gasteiger partial charge in [0, 0.05) is 5.02 Å². The molecule has 3 rings (SSSR count). The molecule has 0 aliphatic heterocycles. The fourth-order valence-corrected chi connectivity index (χ4v) is 2.83. The highest BCUT2D eigenvalue weighted by Gasteiger charge is 2.22. The molecule has 92 valence electrons. The Morgan fingerprint density at radius 3 is 2.94 bits per heavy atom. The van der Waals surface area contributed by atoms with Gasteiger partial charge in [-0.1, -0.05) is 17.7 Å². The average Bonchev–Trinajstić information content (AvgIpc) is 2.74. The number of anilines is 1. The van der Waals surface area contributed by atoms with Gasteiger partial charge in [-0.3, -0.25) is 0 Å². The Morgan fingerprint density at radius 2 is 2.17 bits per heavy atom. The monoisotopic (exact) mass is 322 g/mol. The molecule has 1 heterocycles. The molecular weight excluding hydrogens is 312 g/mol. The molecule has 1 aliphatic rings. The van der Waals surface area contributed by atoms with E-state index in [-0.39, 0.29) is 0 Å². The van der Waals surface area contributed by atoms with E-state index in [0.717, 1.165) is 28.2 Å². The molecule has 0 saturated carbocycles. The van der Waals surface area contributed by atoms with Crippen LogP contribution >= 0.6 is 27.5 Å². The summed E-state index contributed by atoms with van der Waals surface area (Å²) in [5.41, 5.74) is 3.75. The molecule has 0 radical (unpaired) electrons. The van der Waals surface area contributed by atoms with E-state index in [2.05, 4.69) is 38.4 Å². The van der Waals surface area contributed by atoms with E-state index in [9.17, 15) is 0 Å². The summed E-state index contributed by atoms with van der Waals surface area (Å²) in [5.74, 6) is 0. The van der Waals surface area contributed by atoms with Crippen LogP contribution in [0.5, 0.6) is 0 Å². The molecule has 0 saturated heterocycles. The van der Waals surface area contributed by atoms with Crippen molar-refractivity contribution in [2.45, 2.75) is 18.9 Å². The van der Waals surface area contributed by atoms with Gasteiger partial charge in [0.2, 0.25) is 0 Å². The van der Waals surface area contributed by atoms with Gasteiger partial charge in [-0.2, -0.15) is 0 Å². The maximum atomic E-state index is 6.01. The smallest absolute Gasteiger partial charge is 0.106 e. The van der Waals surface area contributed by atoms with E-state index in [1.165, 1.54) is 11.1 Å². The van der Waals surface area contributed by atoms with Crippen LogP contribution in [0.15, 0.2) is 41.1 Å². The van der Waals surface area contributed by atoms with Gasteiger partial charge >= 0.3 is 0 Å². The fourth-order valence-electron chi connectivity index (χ4n) is 2.40. The number of aryl methyl sites for hydroxylation is 1. The van der Waals surface area contributed by atoms with Crippen molar-refractivity contribution in [3.63, 3.8) is 0 Å². The molecule has 2 aromatic rings. The minimum Gasteiger partial charge on any atom is -0.377 e. The predicted molar refractivity (Wildman–Crippen MR) is 78.1 cm³/mol. The number of rotatable bonds is 2. The molecule has 2 nitrogen and oxygen atoms in total. The van der Waals surface area contributed by atoms with Crippen LogP contribution < -0.4 is 5.32 Å². The lowest BCUT2D eigenvalue weighted by Crippen LogP contribution is -2.07. The van der Waals surface area contributed by atoms with Crippen LogP contribution in [-0.2, 0) is 6.42 Å². The lowest BCUT2D eigenvalue weighted by molar-refractivity contribution is 0.761. The number of aromatic nitrogens is 1. The van der Waals surface area contributed by atoms with Crippen molar-refractivity contribution in [2.75, 3.05) is 5.32 Å². The van der Waals surface area contributed by atoms with Crippen molar-refractivity contribution in [3.05, 3.63) is 57.3 Å². The Hall–Kier alpha value is -1.06. The molecule has 0 bridgehead atoms. The Balaban J connectivity index is 1.82. The average molecular weight is 324 g/mol.